The number of H-pyrrole nitrogens is 1. The number of benzene rings is 2. The van der Waals surface area contributed by atoms with E-state index in [0.29, 0.717) is 17.0 Å². The van der Waals surface area contributed by atoms with Crippen molar-refractivity contribution in [2.45, 2.75) is 20.0 Å². The molecule has 0 spiro atoms. The van der Waals surface area contributed by atoms with Crippen LogP contribution < -0.4 is 5.43 Å². The van der Waals surface area contributed by atoms with Gasteiger partial charge >= 0.3 is 0 Å². The van der Waals surface area contributed by atoms with Crippen LogP contribution in [0.25, 0.3) is 10.9 Å². The topological polar surface area (TPSA) is 39.3 Å². The fourth-order valence-electron chi connectivity index (χ4n) is 3.80. The maximum Gasteiger partial charge on any atom is 0.194 e. The number of hydrogen-bond acceptors (Lipinski definition) is 3. The molecule has 1 saturated heterocycles. The van der Waals surface area contributed by atoms with Gasteiger partial charge in [-0.05, 0) is 24.6 Å². The van der Waals surface area contributed by atoms with Crippen LogP contribution in [-0.2, 0) is 13.1 Å². The maximum atomic E-state index is 13.0. The van der Waals surface area contributed by atoms with Crippen LogP contribution in [0.15, 0.2) is 53.3 Å². The Morgan fingerprint density at radius 2 is 1.59 bits per heavy atom. The van der Waals surface area contributed by atoms with Gasteiger partial charge in [-0.1, -0.05) is 48.0 Å². The third-order valence-corrected chi connectivity index (χ3v) is 5.71. The van der Waals surface area contributed by atoms with Crippen LogP contribution >= 0.6 is 11.6 Å². The van der Waals surface area contributed by atoms with E-state index in [4.69, 9.17) is 11.6 Å². The number of aromatic amines is 1. The molecule has 0 unspecified atom stereocenters. The van der Waals surface area contributed by atoms with Crippen molar-refractivity contribution in [1.29, 1.82) is 0 Å². The molecule has 0 amide bonds. The number of nitrogens with zero attached hydrogens (tertiary/aromatic N) is 2. The summed E-state index contributed by atoms with van der Waals surface area (Å²) < 4.78 is 0. The van der Waals surface area contributed by atoms with E-state index in [1.165, 1.54) is 5.56 Å². The molecule has 1 fully saturated rings. The lowest BCUT2D eigenvalue weighted by Crippen LogP contribution is -2.46. The van der Waals surface area contributed by atoms with Crippen molar-refractivity contribution in [3.8, 4) is 0 Å². The molecule has 3 aromatic rings. The largest absolute Gasteiger partial charge is 0.357 e. The highest BCUT2D eigenvalue weighted by atomic mass is 35.5. The quantitative estimate of drug-likeness (QED) is 0.747. The first-order valence-electron chi connectivity index (χ1n) is 9.40. The maximum absolute atomic E-state index is 13.0. The molecule has 0 bridgehead atoms. The lowest BCUT2D eigenvalue weighted by molar-refractivity contribution is 0.121. The predicted molar refractivity (Wildman–Crippen MR) is 111 cm³/mol. The van der Waals surface area contributed by atoms with Gasteiger partial charge in [-0.2, -0.15) is 0 Å². The van der Waals surface area contributed by atoms with Crippen molar-refractivity contribution in [3.05, 3.63) is 80.6 Å². The van der Waals surface area contributed by atoms with Crippen LogP contribution in [0.4, 0.5) is 0 Å². The second-order valence-corrected chi connectivity index (χ2v) is 7.67. The number of fused-ring (bicyclic) bond motifs is 1. The zero-order chi connectivity index (χ0) is 18.8. The van der Waals surface area contributed by atoms with Crippen LogP contribution in [0.1, 0.15) is 16.8 Å². The molecule has 0 aliphatic carbocycles. The molecule has 1 aliphatic rings. The second-order valence-electron chi connectivity index (χ2n) is 7.26. The molecule has 140 valence electrons. The van der Waals surface area contributed by atoms with Crippen LogP contribution in [0.5, 0.6) is 0 Å². The average molecular weight is 382 g/mol. The number of rotatable bonds is 4. The zero-order valence-electron chi connectivity index (χ0n) is 15.5. The van der Waals surface area contributed by atoms with E-state index in [1.807, 2.05) is 25.1 Å². The fourth-order valence-corrected chi connectivity index (χ4v) is 4.02. The SMILES string of the molecule is Cc1[nH]c2c(Cl)cccc2c(=O)c1CN1CCN(Cc2ccccc2)CC1. The van der Waals surface area contributed by atoms with Crippen LogP contribution in [-0.4, -0.2) is 41.0 Å². The summed E-state index contributed by atoms with van der Waals surface area (Å²) in [6.45, 7) is 7.62. The van der Waals surface area contributed by atoms with Crippen molar-refractivity contribution in [1.82, 2.24) is 14.8 Å². The van der Waals surface area contributed by atoms with Crippen LogP contribution in [0, 0.1) is 6.92 Å². The summed E-state index contributed by atoms with van der Waals surface area (Å²) in [6.07, 6.45) is 0. The number of hydrogen-bond donors (Lipinski definition) is 1. The Kier molecular flexibility index (Phi) is 5.30. The normalized spacial score (nSPS) is 16.1. The third-order valence-electron chi connectivity index (χ3n) is 5.39. The molecular weight excluding hydrogens is 358 g/mol. The van der Waals surface area contributed by atoms with Crippen molar-refractivity contribution in [3.63, 3.8) is 0 Å². The molecule has 4 rings (SSSR count). The molecular formula is C22H24ClN3O. The summed E-state index contributed by atoms with van der Waals surface area (Å²) in [7, 11) is 0. The summed E-state index contributed by atoms with van der Waals surface area (Å²) in [4.78, 5) is 21.1. The number of halogens is 1. The van der Waals surface area contributed by atoms with Gasteiger partial charge in [0.25, 0.3) is 0 Å². The van der Waals surface area contributed by atoms with Gasteiger partial charge in [-0.25, -0.2) is 0 Å². The van der Waals surface area contributed by atoms with E-state index in [0.717, 1.165) is 49.5 Å². The van der Waals surface area contributed by atoms with Gasteiger partial charge in [0.05, 0.1) is 10.5 Å². The first kappa shape index (κ1) is 18.2. The van der Waals surface area contributed by atoms with Crippen LogP contribution in [0.2, 0.25) is 5.02 Å². The molecule has 0 radical (unpaired) electrons. The first-order chi connectivity index (χ1) is 13.1. The average Bonchev–Trinajstić information content (AvgIpc) is 2.68. The molecule has 27 heavy (non-hydrogen) atoms. The molecule has 2 aromatic carbocycles. The van der Waals surface area contributed by atoms with Gasteiger partial charge in [-0.3, -0.25) is 14.6 Å². The lowest BCUT2D eigenvalue weighted by Gasteiger charge is -2.34. The molecule has 0 saturated carbocycles. The van der Waals surface area contributed by atoms with Crippen molar-refractivity contribution >= 4 is 22.5 Å². The highest BCUT2D eigenvalue weighted by Crippen LogP contribution is 2.21. The molecule has 2 heterocycles. The molecule has 1 aliphatic heterocycles. The van der Waals surface area contributed by atoms with Gasteiger partial charge < -0.3 is 4.98 Å². The minimum Gasteiger partial charge on any atom is -0.357 e. The molecule has 4 nitrogen and oxygen atoms in total. The standard InChI is InChI=1S/C22H24ClN3O/c1-16-19(22(27)18-8-5-9-20(23)21(18)24-16)15-26-12-10-25(11-13-26)14-17-6-3-2-4-7-17/h2-9H,10-15H2,1H3,(H,24,27). The third kappa shape index (κ3) is 3.93. The van der Waals surface area contributed by atoms with E-state index >= 15 is 0 Å². The highest BCUT2D eigenvalue weighted by molar-refractivity contribution is 6.35. The molecule has 0 atom stereocenters. The monoisotopic (exact) mass is 381 g/mol. The predicted octanol–water partition coefficient (Wildman–Crippen LogP) is 3.81. The Balaban J connectivity index is 1.46. The Labute approximate surface area is 164 Å². The van der Waals surface area contributed by atoms with Gasteiger partial charge in [0.2, 0.25) is 0 Å². The summed E-state index contributed by atoms with van der Waals surface area (Å²) in [6, 6.07) is 16.1. The lowest BCUT2D eigenvalue weighted by atomic mass is 10.1. The number of aromatic nitrogens is 1. The van der Waals surface area contributed by atoms with E-state index < -0.39 is 0 Å². The van der Waals surface area contributed by atoms with Crippen molar-refractivity contribution in [2.75, 3.05) is 26.2 Å². The Morgan fingerprint density at radius 3 is 2.30 bits per heavy atom. The first-order valence-corrected chi connectivity index (χ1v) is 9.78. The summed E-state index contributed by atoms with van der Waals surface area (Å²) in [5.41, 5.74) is 3.94. The zero-order valence-corrected chi connectivity index (χ0v) is 16.3. The Morgan fingerprint density at radius 1 is 0.926 bits per heavy atom. The van der Waals surface area contributed by atoms with Gasteiger partial charge in [0, 0.05) is 55.9 Å². The van der Waals surface area contributed by atoms with Gasteiger partial charge in [0.1, 0.15) is 0 Å². The number of piperazine rings is 1. The summed E-state index contributed by atoms with van der Waals surface area (Å²) >= 11 is 6.24. The minimum atomic E-state index is 0.0930. The van der Waals surface area contributed by atoms with E-state index in [-0.39, 0.29) is 5.43 Å². The Hall–Kier alpha value is -2.14. The minimum absolute atomic E-state index is 0.0930. The summed E-state index contributed by atoms with van der Waals surface area (Å²) in [5.74, 6) is 0. The molecule has 1 aromatic heterocycles. The summed E-state index contributed by atoms with van der Waals surface area (Å²) in [5, 5.41) is 1.26. The molecule has 5 heteroatoms. The van der Waals surface area contributed by atoms with Gasteiger partial charge in [0.15, 0.2) is 5.43 Å². The van der Waals surface area contributed by atoms with Gasteiger partial charge in [-0.15, -0.1) is 0 Å². The number of nitrogens with one attached hydrogen (secondary N) is 1. The second kappa shape index (κ2) is 7.85. The van der Waals surface area contributed by atoms with Crippen molar-refractivity contribution in [2.24, 2.45) is 0 Å². The number of aryl methyl sites for hydroxylation is 1. The van der Waals surface area contributed by atoms with E-state index in [2.05, 4.69) is 45.1 Å². The number of para-hydroxylation sites is 1. The smallest absolute Gasteiger partial charge is 0.194 e. The van der Waals surface area contributed by atoms with E-state index in [9.17, 15) is 4.79 Å². The van der Waals surface area contributed by atoms with E-state index in [1.54, 1.807) is 0 Å². The highest BCUT2D eigenvalue weighted by Gasteiger charge is 2.20. The van der Waals surface area contributed by atoms with Crippen molar-refractivity contribution < 1.29 is 0 Å². The van der Waals surface area contributed by atoms with Crippen LogP contribution in [0.3, 0.4) is 0 Å². The fraction of sp³-hybridized carbons (Fsp3) is 0.318. The number of pyridine rings is 1. The molecule has 1 N–H and O–H groups in total. The Bertz CT molecular complexity index is 992.